The molecule has 1 heterocycles. The van der Waals surface area contributed by atoms with Gasteiger partial charge in [0.25, 0.3) is 0 Å². The average Bonchev–Trinajstić information content (AvgIpc) is 2.62. The molecule has 2 rings (SSSR count). The van der Waals surface area contributed by atoms with E-state index in [0.29, 0.717) is 18.6 Å². The molecule has 3 nitrogen and oxygen atoms in total. The van der Waals surface area contributed by atoms with Crippen molar-refractivity contribution in [2.45, 2.75) is 18.9 Å². The van der Waals surface area contributed by atoms with Gasteiger partial charge in [0.1, 0.15) is 11.4 Å². The number of halogens is 1. The Balaban J connectivity index is 2.37. The summed E-state index contributed by atoms with van der Waals surface area (Å²) in [5.41, 5.74) is -0.140. The second-order valence-electron chi connectivity index (χ2n) is 4.14. The van der Waals surface area contributed by atoms with Crippen molar-refractivity contribution in [1.29, 1.82) is 0 Å². The third kappa shape index (κ3) is 1.69. The van der Waals surface area contributed by atoms with E-state index in [1.54, 1.807) is 19.1 Å². The molecule has 0 spiro atoms. The minimum absolute atomic E-state index is 0.336. The van der Waals surface area contributed by atoms with Crippen LogP contribution >= 0.6 is 0 Å². The van der Waals surface area contributed by atoms with E-state index in [2.05, 4.69) is 0 Å². The van der Waals surface area contributed by atoms with Crippen LogP contribution in [0.4, 0.5) is 4.39 Å². The Morgan fingerprint density at radius 3 is 2.69 bits per heavy atom. The van der Waals surface area contributed by atoms with E-state index in [4.69, 9.17) is 9.84 Å². The Hall–Kier alpha value is -1.42. The van der Waals surface area contributed by atoms with Gasteiger partial charge in [-0.25, -0.2) is 4.39 Å². The summed E-state index contributed by atoms with van der Waals surface area (Å²) in [7, 11) is 0. The molecule has 1 aliphatic heterocycles. The third-order valence-corrected chi connectivity index (χ3v) is 3.19. The van der Waals surface area contributed by atoms with Crippen molar-refractivity contribution < 1.29 is 19.0 Å². The second kappa shape index (κ2) is 3.87. The molecule has 4 heteroatoms. The number of hydrogen-bond donors (Lipinski definition) is 1. The predicted molar refractivity (Wildman–Crippen MR) is 55.4 cm³/mol. The van der Waals surface area contributed by atoms with Crippen LogP contribution in [0.5, 0.6) is 0 Å². The predicted octanol–water partition coefficient (Wildman–Crippen LogP) is 2.16. The van der Waals surface area contributed by atoms with Gasteiger partial charge in [0, 0.05) is 6.61 Å². The lowest BCUT2D eigenvalue weighted by Crippen LogP contribution is -2.33. The molecular weight excluding hydrogens is 211 g/mol. The van der Waals surface area contributed by atoms with Crippen LogP contribution in [0.3, 0.4) is 0 Å². The molecule has 0 aromatic heterocycles. The number of carboxylic acids is 1. The molecule has 0 saturated carbocycles. The summed E-state index contributed by atoms with van der Waals surface area (Å²) in [6.07, 6.45) is 0.489. The Labute approximate surface area is 92.9 Å². The van der Waals surface area contributed by atoms with E-state index >= 15 is 0 Å². The van der Waals surface area contributed by atoms with Gasteiger partial charge in [0.05, 0.1) is 5.92 Å². The molecule has 2 atom stereocenters. The number of hydrogen-bond acceptors (Lipinski definition) is 2. The highest BCUT2D eigenvalue weighted by Crippen LogP contribution is 2.40. The van der Waals surface area contributed by atoms with Crippen LogP contribution < -0.4 is 0 Å². The highest BCUT2D eigenvalue weighted by Gasteiger charge is 2.45. The van der Waals surface area contributed by atoms with E-state index in [-0.39, 0.29) is 5.82 Å². The monoisotopic (exact) mass is 224 g/mol. The largest absolute Gasteiger partial charge is 0.481 e. The summed E-state index contributed by atoms with van der Waals surface area (Å²) < 4.78 is 18.3. The van der Waals surface area contributed by atoms with Crippen molar-refractivity contribution in [3.8, 4) is 0 Å². The summed E-state index contributed by atoms with van der Waals surface area (Å²) >= 11 is 0. The quantitative estimate of drug-likeness (QED) is 0.837. The molecule has 1 N–H and O–H groups in total. The molecule has 16 heavy (non-hydrogen) atoms. The van der Waals surface area contributed by atoms with Crippen molar-refractivity contribution >= 4 is 5.97 Å². The van der Waals surface area contributed by atoms with E-state index in [9.17, 15) is 9.18 Å². The van der Waals surface area contributed by atoms with Crippen molar-refractivity contribution in [2.75, 3.05) is 6.61 Å². The van der Waals surface area contributed by atoms with Crippen LogP contribution in [-0.2, 0) is 15.1 Å². The van der Waals surface area contributed by atoms with E-state index in [0.717, 1.165) is 0 Å². The smallest absolute Gasteiger partial charge is 0.309 e. The highest BCUT2D eigenvalue weighted by molar-refractivity contribution is 5.72. The van der Waals surface area contributed by atoms with Crippen LogP contribution in [0.1, 0.15) is 18.9 Å². The zero-order valence-corrected chi connectivity index (χ0v) is 8.94. The Morgan fingerprint density at radius 2 is 2.12 bits per heavy atom. The van der Waals surface area contributed by atoms with Gasteiger partial charge in [-0.2, -0.15) is 0 Å². The first-order valence-corrected chi connectivity index (χ1v) is 5.17. The van der Waals surface area contributed by atoms with Gasteiger partial charge in [0.15, 0.2) is 0 Å². The summed E-state index contributed by atoms with van der Waals surface area (Å²) in [6, 6.07) is 5.80. The van der Waals surface area contributed by atoms with Gasteiger partial charge in [-0.3, -0.25) is 4.79 Å². The molecule has 1 aromatic carbocycles. The lowest BCUT2D eigenvalue weighted by Gasteiger charge is -2.28. The van der Waals surface area contributed by atoms with Gasteiger partial charge in [-0.05, 0) is 31.0 Å². The van der Waals surface area contributed by atoms with Crippen LogP contribution in [0.15, 0.2) is 24.3 Å². The van der Waals surface area contributed by atoms with E-state index in [1.165, 1.54) is 12.1 Å². The normalized spacial score (nSPS) is 29.2. The third-order valence-electron chi connectivity index (χ3n) is 3.19. The van der Waals surface area contributed by atoms with Crippen LogP contribution in [0.25, 0.3) is 0 Å². The second-order valence-corrected chi connectivity index (χ2v) is 4.14. The van der Waals surface area contributed by atoms with Crippen molar-refractivity contribution in [3.63, 3.8) is 0 Å². The number of carbonyl (C=O) groups is 1. The molecule has 1 saturated heterocycles. The maximum Gasteiger partial charge on any atom is 0.309 e. The Bertz CT molecular complexity index is 401. The summed E-state index contributed by atoms with van der Waals surface area (Å²) in [6.45, 7) is 2.16. The molecule has 0 radical (unpaired) electrons. The molecule has 1 aromatic rings. The first kappa shape index (κ1) is 11.1. The zero-order chi connectivity index (χ0) is 11.8. The minimum atomic E-state index is -0.871. The molecular formula is C12H13FO3. The fourth-order valence-electron chi connectivity index (χ4n) is 2.19. The summed E-state index contributed by atoms with van der Waals surface area (Å²) in [5.74, 6) is -1.78. The fourth-order valence-corrected chi connectivity index (χ4v) is 2.19. The molecule has 1 aliphatic rings. The van der Waals surface area contributed by atoms with Crippen molar-refractivity contribution in [1.82, 2.24) is 0 Å². The average molecular weight is 224 g/mol. The molecule has 86 valence electrons. The molecule has 0 amide bonds. The standard InChI is InChI=1S/C12H13FO3/c1-12(8-2-4-9(13)5-3-8)10(11(14)15)6-7-16-12/h2-5,10H,6-7H2,1H3,(H,14,15). The maximum absolute atomic E-state index is 12.8. The number of ether oxygens (including phenoxy) is 1. The maximum atomic E-state index is 12.8. The topological polar surface area (TPSA) is 46.5 Å². The lowest BCUT2D eigenvalue weighted by atomic mass is 9.83. The Kier molecular flexibility index (Phi) is 2.68. The SMILES string of the molecule is CC1(c2ccc(F)cc2)OCCC1C(=O)O. The van der Waals surface area contributed by atoms with E-state index in [1.807, 2.05) is 0 Å². The first-order chi connectivity index (χ1) is 7.54. The van der Waals surface area contributed by atoms with Crippen molar-refractivity contribution in [3.05, 3.63) is 35.6 Å². The van der Waals surface area contributed by atoms with Gasteiger partial charge < -0.3 is 9.84 Å². The highest BCUT2D eigenvalue weighted by atomic mass is 19.1. The van der Waals surface area contributed by atoms with Crippen molar-refractivity contribution in [2.24, 2.45) is 5.92 Å². The molecule has 0 bridgehead atoms. The minimum Gasteiger partial charge on any atom is -0.481 e. The van der Waals surface area contributed by atoms with Gasteiger partial charge in [-0.1, -0.05) is 12.1 Å². The molecule has 0 aliphatic carbocycles. The number of carboxylic acid groups (broad SMARTS) is 1. The van der Waals surface area contributed by atoms with Gasteiger partial charge in [-0.15, -0.1) is 0 Å². The summed E-state index contributed by atoms with van der Waals surface area (Å²) in [5, 5.41) is 9.11. The van der Waals surface area contributed by atoms with Crippen LogP contribution in [-0.4, -0.2) is 17.7 Å². The van der Waals surface area contributed by atoms with Gasteiger partial charge >= 0.3 is 5.97 Å². The van der Waals surface area contributed by atoms with Crippen LogP contribution in [0, 0.1) is 11.7 Å². The molecule has 1 fully saturated rings. The number of rotatable bonds is 2. The first-order valence-electron chi connectivity index (χ1n) is 5.17. The lowest BCUT2D eigenvalue weighted by molar-refractivity contribution is -0.148. The summed E-state index contributed by atoms with van der Waals surface area (Å²) in [4.78, 5) is 11.1. The number of benzene rings is 1. The molecule has 2 unspecified atom stereocenters. The fraction of sp³-hybridized carbons (Fsp3) is 0.417. The zero-order valence-electron chi connectivity index (χ0n) is 8.94. The van der Waals surface area contributed by atoms with E-state index < -0.39 is 17.5 Å². The number of aliphatic carboxylic acids is 1. The van der Waals surface area contributed by atoms with Crippen LogP contribution in [0.2, 0.25) is 0 Å². The Morgan fingerprint density at radius 1 is 1.50 bits per heavy atom. The van der Waals surface area contributed by atoms with Gasteiger partial charge in [0.2, 0.25) is 0 Å².